The van der Waals surface area contributed by atoms with Crippen LogP contribution < -0.4 is 11.1 Å². The number of benzene rings is 1. The minimum absolute atomic E-state index is 0.131. The number of nitrogens with two attached hydrogens (primary N) is 1. The molecule has 1 unspecified atom stereocenters. The van der Waals surface area contributed by atoms with E-state index in [-0.39, 0.29) is 17.2 Å². The number of aryl methyl sites for hydroxylation is 1. The van der Waals surface area contributed by atoms with E-state index in [9.17, 15) is 14.4 Å². The number of carbonyl (C=O) groups excluding carboxylic acids is 3. The number of para-hydroxylation sites is 1. The Morgan fingerprint density at radius 3 is 2.72 bits per heavy atom. The van der Waals surface area contributed by atoms with Gasteiger partial charge in [-0.15, -0.1) is 0 Å². The normalized spacial score (nSPS) is 11.6. The Labute approximate surface area is 148 Å². The average Bonchev–Trinajstić information content (AvgIpc) is 2.98. The summed E-state index contributed by atoms with van der Waals surface area (Å²) in [7, 11) is 1.83. The zero-order valence-corrected chi connectivity index (χ0v) is 14.6. The Morgan fingerprint density at radius 1 is 1.36 bits per heavy atom. The molecule has 2 rings (SSSR count). The molecule has 2 amide bonds. The van der Waals surface area contributed by atoms with Crippen LogP contribution in [0.2, 0.25) is 0 Å². The fraction of sp³-hybridized carbons (Fsp3) is 0.250. The number of nitrogens with zero attached hydrogens (tertiary/aromatic N) is 2. The van der Waals surface area contributed by atoms with Gasteiger partial charge in [0.2, 0.25) is 5.91 Å². The summed E-state index contributed by atoms with van der Waals surface area (Å²) in [5.41, 5.74) is 5.53. The molecule has 0 aliphatic heterocycles. The minimum atomic E-state index is -1.06. The number of carbonyl (C=O) groups is 3. The molecule has 0 saturated carbocycles. The lowest BCUT2D eigenvalue weighted by Crippen LogP contribution is -2.30. The number of esters is 1. The first kappa shape index (κ1) is 18.5. The lowest BCUT2D eigenvalue weighted by atomic mass is 10.1. The number of hydrogen-bond donors (Lipinski definition) is 2. The predicted molar refractivity (Wildman–Crippen MR) is 93.1 cm³/mol. The molecule has 9 heteroatoms. The highest BCUT2D eigenvalue weighted by atomic mass is 32.2. The van der Waals surface area contributed by atoms with E-state index in [4.69, 9.17) is 10.5 Å². The van der Waals surface area contributed by atoms with E-state index >= 15 is 0 Å². The monoisotopic (exact) mass is 362 g/mol. The Bertz CT molecular complexity index is 790. The molecule has 0 bridgehead atoms. The highest BCUT2D eigenvalue weighted by Crippen LogP contribution is 2.19. The van der Waals surface area contributed by atoms with E-state index in [0.717, 1.165) is 0 Å². The number of amides is 2. The number of aromatic nitrogens is 2. The molecular formula is C16H18N4O4S. The third-order valence-corrected chi connectivity index (χ3v) is 4.27. The molecule has 1 aromatic heterocycles. The van der Waals surface area contributed by atoms with Crippen LogP contribution in [-0.4, -0.2) is 39.2 Å². The molecule has 25 heavy (non-hydrogen) atoms. The molecule has 0 aliphatic rings. The van der Waals surface area contributed by atoms with Crippen molar-refractivity contribution in [1.29, 1.82) is 0 Å². The fourth-order valence-corrected chi connectivity index (χ4v) is 2.59. The molecule has 1 heterocycles. The van der Waals surface area contributed by atoms with Gasteiger partial charge in [0.15, 0.2) is 11.3 Å². The lowest BCUT2D eigenvalue weighted by molar-refractivity contribution is -0.125. The van der Waals surface area contributed by atoms with Crippen LogP contribution in [0, 0.1) is 0 Å². The van der Waals surface area contributed by atoms with E-state index in [1.165, 1.54) is 24.8 Å². The van der Waals surface area contributed by atoms with E-state index in [1.54, 1.807) is 35.2 Å². The summed E-state index contributed by atoms with van der Waals surface area (Å²) in [4.78, 5) is 39.4. The van der Waals surface area contributed by atoms with Crippen LogP contribution >= 0.6 is 11.8 Å². The summed E-state index contributed by atoms with van der Waals surface area (Å²) < 4.78 is 6.77. The standard InChI is InChI=1S/C16H18N4O4S/c1-10(14(17)22)24-15(23)11-5-3-4-6-12(11)19-13(21)9-25-16-18-7-8-20(16)2/h3-8,10H,9H2,1-2H3,(H2,17,22)(H,19,21). The van der Waals surface area contributed by atoms with Crippen LogP contribution in [0.1, 0.15) is 17.3 Å². The van der Waals surface area contributed by atoms with E-state index in [1.807, 2.05) is 7.05 Å². The zero-order chi connectivity index (χ0) is 18.4. The maximum Gasteiger partial charge on any atom is 0.341 e. The first-order chi connectivity index (χ1) is 11.9. The summed E-state index contributed by atoms with van der Waals surface area (Å²) in [5, 5.41) is 3.37. The first-order valence-electron chi connectivity index (χ1n) is 7.37. The summed E-state index contributed by atoms with van der Waals surface area (Å²) >= 11 is 1.27. The molecule has 2 aromatic rings. The van der Waals surface area contributed by atoms with Gasteiger partial charge in [-0.1, -0.05) is 23.9 Å². The maximum absolute atomic E-state index is 12.2. The van der Waals surface area contributed by atoms with Crippen molar-refractivity contribution < 1.29 is 19.1 Å². The van der Waals surface area contributed by atoms with Gasteiger partial charge in [0.05, 0.1) is 17.0 Å². The number of imidazole rings is 1. The number of rotatable bonds is 7. The van der Waals surface area contributed by atoms with Crippen molar-refractivity contribution in [3.8, 4) is 0 Å². The second-order valence-electron chi connectivity index (χ2n) is 5.15. The van der Waals surface area contributed by atoms with Gasteiger partial charge in [-0.2, -0.15) is 0 Å². The number of nitrogens with one attached hydrogen (secondary N) is 1. The Balaban J connectivity index is 2.02. The van der Waals surface area contributed by atoms with Gasteiger partial charge in [0.1, 0.15) is 0 Å². The second kappa shape index (κ2) is 8.34. The number of primary amides is 1. The third kappa shape index (κ3) is 5.08. The van der Waals surface area contributed by atoms with Gasteiger partial charge < -0.3 is 20.4 Å². The zero-order valence-electron chi connectivity index (χ0n) is 13.8. The average molecular weight is 362 g/mol. The summed E-state index contributed by atoms with van der Waals surface area (Å²) in [6.07, 6.45) is 2.37. The molecule has 3 N–H and O–H groups in total. The molecule has 1 aromatic carbocycles. The molecule has 0 saturated heterocycles. The van der Waals surface area contributed by atoms with Gasteiger partial charge >= 0.3 is 5.97 Å². The summed E-state index contributed by atoms with van der Waals surface area (Å²) in [5.74, 6) is -1.65. The van der Waals surface area contributed by atoms with Crippen LogP contribution in [0.25, 0.3) is 0 Å². The highest BCUT2D eigenvalue weighted by molar-refractivity contribution is 7.99. The molecule has 132 valence electrons. The highest BCUT2D eigenvalue weighted by Gasteiger charge is 2.19. The van der Waals surface area contributed by atoms with E-state index in [2.05, 4.69) is 10.3 Å². The lowest BCUT2D eigenvalue weighted by Gasteiger charge is -2.13. The molecule has 0 aliphatic carbocycles. The van der Waals surface area contributed by atoms with Crippen LogP contribution in [0.15, 0.2) is 41.8 Å². The van der Waals surface area contributed by atoms with E-state index < -0.39 is 18.0 Å². The number of hydrogen-bond acceptors (Lipinski definition) is 6. The van der Waals surface area contributed by atoms with Crippen LogP contribution in [-0.2, 0) is 21.4 Å². The topological polar surface area (TPSA) is 116 Å². The molecule has 1 atom stereocenters. The van der Waals surface area contributed by atoms with Gasteiger partial charge in [-0.3, -0.25) is 9.59 Å². The maximum atomic E-state index is 12.2. The van der Waals surface area contributed by atoms with Crippen molar-refractivity contribution in [3.63, 3.8) is 0 Å². The fourth-order valence-electron chi connectivity index (χ4n) is 1.86. The largest absolute Gasteiger partial charge is 0.449 e. The summed E-state index contributed by atoms with van der Waals surface area (Å²) in [6.45, 7) is 1.38. The first-order valence-corrected chi connectivity index (χ1v) is 8.36. The van der Waals surface area contributed by atoms with Crippen molar-refractivity contribution in [2.75, 3.05) is 11.1 Å². The van der Waals surface area contributed by atoms with Crippen molar-refractivity contribution >= 4 is 35.2 Å². The Morgan fingerprint density at radius 2 is 2.08 bits per heavy atom. The SMILES string of the molecule is CC(OC(=O)c1ccccc1NC(=O)CSc1nccn1C)C(N)=O. The number of ether oxygens (including phenoxy) is 1. The van der Waals surface area contributed by atoms with E-state index in [0.29, 0.717) is 10.8 Å². The van der Waals surface area contributed by atoms with Crippen molar-refractivity contribution in [2.45, 2.75) is 18.2 Å². The molecular weight excluding hydrogens is 344 g/mol. The van der Waals surface area contributed by atoms with Gasteiger partial charge in [0, 0.05) is 19.4 Å². The summed E-state index contributed by atoms with van der Waals surface area (Å²) in [6, 6.07) is 6.38. The second-order valence-corrected chi connectivity index (χ2v) is 6.10. The van der Waals surface area contributed by atoms with Gasteiger partial charge in [-0.25, -0.2) is 9.78 Å². The molecule has 8 nitrogen and oxygen atoms in total. The minimum Gasteiger partial charge on any atom is -0.449 e. The van der Waals surface area contributed by atoms with Gasteiger partial charge in [-0.05, 0) is 19.1 Å². The van der Waals surface area contributed by atoms with Crippen molar-refractivity contribution in [3.05, 3.63) is 42.2 Å². The molecule has 0 spiro atoms. The molecule has 0 radical (unpaired) electrons. The predicted octanol–water partition coefficient (Wildman–Crippen LogP) is 1.18. The van der Waals surface area contributed by atoms with Crippen LogP contribution in [0.5, 0.6) is 0 Å². The van der Waals surface area contributed by atoms with Gasteiger partial charge in [0.25, 0.3) is 5.91 Å². The van der Waals surface area contributed by atoms with Crippen LogP contribution in [0.4, 0.5) is 5.69 Å². The Hall–Kier alpha value is -2.81. The molecule has 0 fully saturated rings. The third-order valence-electron chi connectivity index (χ3n) is 3.21. The van der Waals surface area contributed by atoms with Crippen molar-refractivity contribution in [1.82, 2.24) is 9.55 Å². The van der Waals surface area contributed by atoms with Crippen molar-refractivity contribution in [2.24, 2.45) is 12.8 Å². The van der Waals surface area contributed by atoms with Crippen LogP contribution in [0.3, 0.4) is 0 Å². The Kier molecular flexibility index (Phi) is 6.18. The smallest absolute Gasteiger partial charge is 0.341 e. The quantitative estimate of drug-likeness (QED) is 0.564. The number of anilines is 1. The number of thioether (sulfide) groups is 1.